The topological polar surface area (TPSA) is 37.8 Å². The van der Waals surface area contributed by atoms with E-state index in [-0.39, 0.29) is 21.5 Å². The minimum atomic E-state index is -4.51. The number of halogens is 4. The van der Waals surface area contributed by atoms with Crippen molar-refractivity contribution >= 4 is 27.0 Å². The number of H-pyrrole nitrogens is 1. The van der Waals surface area contributed by atoms with Crippen molar-refractivity contribution in [3.8, 4) is 0 Å². The average Bonchev–Trinajstić information content (AvgIpc) is 2.50. The predicted molar refractivity (Wildman–Crippen MR) is 65.6 cm³/mol. The van der Waals surface area contributed by atoms with Crippen molar-refractivity contribution in [3.63, 3.8) is 0 Å². The molecule has 0 amide bonds. The molecule has 0 atom stereocenters. The zero-order chi connectivity index (χ0) is 13.7. The third-order valence-corrected chi connectivity index (χ3v) is 3.06. The number of hydrogen-bond acceptors (Lipinski definition) is 1. The summed E-state index contributed by atoms with van der Waals surface area (Å²) in [5, 5.41) is 0. The molecule has 3 nitrogen and oxygen atoms in total. The van der Waals surface area contributed by atoms with E-state index in [1.165, 1.54) is 6.07 Å². The second kappa shape index (κ2) is 4.15. The first-order chi connectivity index (χ1) is 8.21. The number of imidazole rings is 1. The summed E-state index contributed by atoms with van der Waals surface area (Å²) in [6.45, 7) is 3.33. The lowest BCUT2D eigenvalue weighted by Crippen LogP contribution is -2.20. The van der Waals surface area contributed by atoms with E-state index in [0.717, 1.165) is 10.6 Å². The number of benzene rings is 1. The van der Waals surface area contributed by atoms with E-state index in [2.05, 4.69) is 20.9 Å². The molecule has 7 heteroatoms. The highest BCUT2D eigenvalue weighted by Crippen LogP contribution is 2.36. The van der Waals surface area contributed by atoms with Gasteiger partial charge in [0.2, 0.25) is 0 Å². The number of hydrogen-bond donors (Lipinski definition) is 1. The number of rotatable bonds is 1. The molecule has 0 saturated heterocycles. The Bertz CT molecular complexity index is 655. The molecule has 1 aromatic carbocycles. The summed E-state index contributed by atoms with van der Waals surface area (Å²) in [5.74, 6) is 0. The van der Waals surface area contributed by atoms with Crippen molar-refractivity contribution in [1.29, 1.82) is 0 Å². The molecule has 98 valence electrons. The first kappa shape index (κ1) is 13.2. The molecule has 0 saturated carbocycles. The van der Waals surface area contributed by atoms with Crippen molar-refractivity contribution in [1.82, 2.24) is 9.55 Å². The van der Waals surface area contributed by atoms with Gasteiger partial charge in [-0.3, -0.25) is 4.57 Å². The molecule has 0 unspecified atom stereocenters. The summed E-state index contributed by atoms with van der Waals surface area (Å²) in [5.41, 5.74) is -1.29. The highest BCUT2D eigenvalue weighted by atomic mass is 79.9. The summed E-state index contributed by atoms with van der Waals surface area (Å²) in [6.07, 6.45) is -4.51. The van der Waals surface area contributed by atoms with Gasteiger partial charge in [-0.15, -0.1) is 0 Å². The summed E-state index contributed by atoms with van der Waals surface area (Å²) in [4.78, 5) is 14.1. The van der Waals surface area contributed by atoms with Gasteiger partial charge in [-0.25, -0.2) is 4.79 Å². The molecular formula is C11H10BrF3N2O. The summed E-state index contributed by atoms with van der Waals surface area (Å²) >= 11 is 3.02. The Morgan fingerprint density at radius 3 is 2.44 bits per heavy atom. The van der Waals surface area contributed by atoms with Crippen molar-refractivity contribution < 1.29 is 13.2 Å². The fraction of sp³-hybridized carbons (Fsp3) is 0.364. The molecule has 0 bridgehead atoms. The Kier molecular flexibility index (Phi) is 3.04. The van der Waals surface area contributed by atoms with Crippen molar-refractivity contribution in [2.24, 2.45) is 0 Å². The van der Waals surface area contributed by atoms with Crippen LogP contribution in [0.3, 0.4) is 0 Å². The van der Waals surface area contributed by atoms with Gasteiger partial charge >= 0.3 is 11.9 Å². The number of alkyl halides is 3. The second-order valence-corrected chi connectivity index (χ2v) is 5.16. The predicted octanol–water partition coefficient (Wildman–Crippen LogP) is 3.69. The largest absolute Gasteiger partial charge is 0.418 e. The van der Waals surface area contributed by atoms with Crippen LogP contribution in [0.25, 0.3) is 11.0 Å². The van der Waals surface area contributed by atoms with Crippen LogP contribution >= 0.6 is 15.9 Å². The molecule has 0 aliphatic carbocycles. The normalized spacial score (nSPS) is 12.6. The SMILES string of the molecule is CC(C)n1c(=O)[nH]c2cc(Br)cc(C(F)(F)F)c21. The molecule has 18 heavy (non-hydrogen) atoms. The Morgan fingerprint density at radius 2 is 1.94 bits per heavy atom. The van der Waals surface area contributed by atoms with E-state index in [0.29, 0.717) is 0 Å². The quantitative estimate of drug-likeness (QED) is 0.854. The van der Waals surface area contributed by atoms with Crippen molar-refractivity contribution in [2.75, 3.05) is 0 Å². The van der Waals surface area contributed by atoms with Gasteiger partial charge in [0.1, 0.15) is 0 Å². The Morgan fingerprint density at radius 1 is 1.33 bits per heavy atom. The molecule has 0 aliphatic rings. The molecule has 1 heterocycles. The van der Waals surface area contributed by atoms with Gasteiger partial charge in [0.05, 0.1) is 16.6 Å². The van der Waals surface area contributed by atoms with Crippen LogP contribution in [0.4, 0.5) is 13.2 Å². The third kappa shape index (κ3) is 2.07. The molecule has 1 N–H and O–H groups in total. The molecule has 0 radical (unpaired) electrons. The second-order valence-electron chi connectivity index (χ2n) is 4.24. The maximum Gasteiger partial charge on any atom is 0.418 e. The number of aromatic amines is 1. The summed E-state index contributed by atoms with van der Waals surface area (Å²) in [7, 11) is 0. The van der Waals surface area contributed by atoms with Crippen LogP contribution < -0.4 is 5.69 Å². The Balaban J connectivity index is 2.97. The van der Waals surface area contributed by atoms with Gasteiger partial charge in [-0.2, -0.15) is 13.2 Å². The van der Waals surface area contributed by atoms with E-state index in [9.17, 15) is 18.0 Å². The smallest absolute Gasteiger partial charge is 0.305 e. The number of fused-ring (bicyclic) bond motifs is 1. The lowest BCUT2D eigenvalue weighted by atomic mass is 10.1. The zero-order valence-corrected chi connectivity index (χ0v) is 11.2. The van der Waals surface area contributed by atoms with Gasteiger partial charge < -0.3 is 4.98 Å². The first-order valence-corrected chi connectivity index (χ1v) is 6.02. The summed E-state index contributed by atoms with van der Waals surface area (Å²) < 4.78 is 40.4. The van der Waals surface area contributed by atoms with Gasteiger partial charge in [-0.05, 0) is 26.0 Å². The van der Waals surface area contributed by atoms with Crippen LogP contribution in [0, 0.1) is 0 Å². The Hall–Kier alpha value is -1.24. The van der Waals surface area contributed by atoms with Crippen LogP contribution in [-0.2, 0) is 6.18 Å². The monoisotopic (exact) mass is 322 g/mol. The number of nitrogens with zero attached hydrogens (tertiary/aromatic N) is 1. The molecule has 2 rings (SSSR count). The minimum absolute atomic E-state index is 0.106. The van der Waals surface area contributed by atoms with Crippen molar-refractivity contribution in [3.05, 3.63) is 32.7 Å². The van der Waals surface area contributed by atoms with E-state index >= 15 is 0 Å². The van der Waals surface area contributed by atoms with Crippen molar-refractivity contribution in [2.45, 2.75) is 26.1 Å². The van der Waals surface area contributed by atoms with Crippen LogP contribution in [0.2, 0.25) is 0 Å². The van der Waals surface area contributed by atoms with Crippen LogP contribution in [0.5, 0.6) is 0 Å². The van der Waals surface area contributed by atoms with Gasteiger partial charge in [0.15, 0.2) is 0 Å². The Labute approximate surface area is 109 Å². The lowest BCUT2D eigenvalue weighted by molar-refractivity contribution is -0.136. The highest BCUT2D eigenvalue weighted by molar-refractivity contribution is 9.10. The van der Waals surface area contributed by atoms with Gasteiger partial charge in [-0.1, -0.05) is 15.9 Å². The first-order valence-electron chi connectivity index (χ1n) is 5.22. The minimum Gasteiger partial charge on any atom is -0.305 e. The molecule has 2 aromatic rings. The summed E-state index contributed by atoms with van der Waals surface area (Å²) in [6, 6.07) is 2.09. The van der Waals surface area contributed by atoms with E-state index in [4.69, 9.17) is 0 Å². The fourth-order valence-electron chi connectivity index (χ4n) is 1.94. The van der Waals surface area contributed by atoms with Gasteiger partial charge in [0, 0.05) is 10.5 Å². The fourth-order valence-corrected chi connectivity index (χ4v) is 2.40. The molecular weight excluding hydrogens is 313 g/mol. The van der Waals surface area contributed by atoms with E-state index in [1.807, 2.05) is 0 Å². The van der Waals surface area contributed by atoms with E-state index in [1.54, 1.807) is 13.8 Å². The lowest BCUT2D eigenvalue weighted by Gasteiger charge is -2.13. The van der Waals surface area contributed by atoms with Crippen LogP contribution in [0.1, 0.15) is 25.5 Å². The average molecular weight is 323 g/mol. The number of aromatic nitrogens is 2. The molecule has 0 fully saturated rings. The van der Waals surface area contributed by atoms with Crippen LogP contribution in [-0.4, -0.2) is 9.55 Å². The maximum atomic E-state index is 13.0. The molecule has 0 spiro atoms. The standard InChI is InChI=1S/C11H10BrF3N2O/c1-5(2)17-9-7(11(13,14)15)3-6(12)4-8(9)16-10(17)18/h3-5H,1-2H3,(H,16,18). The zero-order valence-electron chi connectivity index (χ0n) is 9.60. The van der Waals surface area contributed by atoms with Gasteiger partial charge in [0.25, 0.3) is 0 Å². The number of nitrogens with one attached hydrogen (secondary N) is 1. The third-order valence-electron chi connectivity index (χ3n) is 2.60. The highest BCUT2D eigenvalue weighted by Gasteiger charge is 2.35. The molecule has 0 aliphatic heterocycles. The molecule has 1 aromatic heterocycles. The van der Waals surface area contributed by atoms with Crippen LogP contribution in [0.15, 0.2) is 21.4 Å². The van der Waals surface area contributed by atoms with E-state index < -0.39 is 17.4 Å². The maximum absolute atomic E-state index is 13.0.